The van der Waals surface area contributed by atoms with Gasteiger partial charge in [-0.3, -0.25) is 4.79 Å². The molecule has 1 atom stereocenters. The van der Waals surface area contributed by atoms with Gasteiger partial charge >= 0.3 is 0 Å². The third-order valence-electron chi connectivity index (χ3n) is 4.40. The summed E-state index contributed by atoms with van der Waals surface area (Å²) in [6.45, 7) is 4.27. The average Bonchev–Trinajstić information content (AvgIpc) is 3.06. The molecule has 1 heterocycles. The Labute approximate surface area is 174 Å². The maximum atomic E-state index is 12.7. The van der Waals surface area contributed by atoms with Crippen molar-refractivity contribution in [3.05, 3.63) is 70.5 Å². The first-order valence-corrected chi connectivity index (χ1v) is 10.3. The highest BCUT2D eigenvalue weighted by Crippen LogP contribution is 2.25. The Hall–Kier alpha value is -2.31. The number of carbonyl (C=O) groups excluding carboxylic acids is 1. The van der Waals surface area contributed by atoms with Crippen LogP contribution < -0.4 is 4.74 Å². The molecule has 2 aromatic carbocycles. The van der Waals surface area contributed by atoms with Crippen molar-refractivity contribution in [2.45, 2.75) is 37.3 Å². The van der Waals surface area contributed by atoms with Crippen molar-refractivity contribution in [2.75, 3.05) is 0 Å². The minimum atomic E-state index is -0.264. The van der Waals surface area contributed by atoms with Gasteiger partial charge in [0.2, 0.25) is 0 Å². The summed E-state index contributed by atoms with van der Waals surface area (Å²) in [6, 6.07) is 14.9. The molecule has 0 amide bonds. The van der Waals surface area contributed by atoms with Gasteiger partial charge in [-0.2, -0.15) is 0 Å². The van der Waals surface area contributed by atoms with Crippen LogP contribution in [0.15, 0.2) is 53.7 Å². The van der Waals surface area contributed by atoms with Crippen LogP contribution in [0.3, 0.4) is 0 Å². The van der Waals surface area contributed by atoms with Crippen molar-refractivity contribution < 1.29 is 9.53 Å². The molecule has 0 fully saturated rings. The van der Waals surface area contributed by atoms with Crippen LogP contribution in [0.5, 0.6) is 5.75 Å². The Morgan fingerprint density at radius 1 is 1.14 bits per heavy atom. The molecule has 0 radical (unpaired) electrons. The second kappa shape index (κ2) is 9.26. The Balaban J connectivity index is 1.62. The fourth-order valence-electron chi connectivity index (χ4n) is 2.60. The fraction of sp³-hybridized carbons (Fsp3) is 0.286. The molecule has 3 aromatic rings. The molecule has 0 bridgehead atoms. The number of nitrogens with zero attached hydrogens (tertiary/aromatic N) is 3. The second-order valence-electron chi connectivity index (χ2n) is 6.38. The first-order valence-electron chi connectivity index (χ1n) is 9.04. The molecule has 0 spiro atoms. The van der Waals surface area contributed by atoms with Gasteiger partial charge in [-0.25, -0.2) is 0 Å². The SMILES string of the molecule is CCc1ccc(C(=O)[C@H](C)Sc2nnc(COc3ccc(Cl)cc3)n2C)cc1. The molecule has 0 unspecified atom stereocenters. The van der Waals surface area contributed by atoms with E-state index in [1.165, 1.54) is 17.3 Å². The summed E-state index contributed by atoms with van der Waals surface area (Å²) in [7, 11) is 1.87. The van der Waals surface area contributed by atoms with Gasteiger partial charge in [0, 0.05) is 17.6 Å². The van der Waals surface area contributed by atoms with Crippen LogP contribution in [0.4, 0.5) is 0 Å². The van der Waals surface area contributed by atoms with E-state index in [-0.39, 0.29) is 17.6 Å². The number of ether oxygens (including phenoxy) is 1. The lowest BCUT2D eigenvalue weighted by atomic mass is 10.1. The summed E-state index contributed by atoms with van der Waals surface area (Å²) >= 11 is 7.27. The topological polar surface area (TPSA) is 57.0 Å². The lowest BCUT2D eigenvalue weighted by Crippen LogP contribution is -2.14. The number of aromatic nitrogens is 3. The summed E-state index contributed by atoms with van der Waals surface area (Å²) in [6.07, 6.45) is 0.957. The minimum Gasteiger partial charge on any atom is -0.486 e. The van der Waals surface area contributed by atoms with Gasteiger partial charge in [0.25, 0.3) is 0 Å². The molecular formula is C21H22ClN3O2S. The monoisotopic (exact) mass is 415 g/mol. The number of aryl methyl sites for hydroxylation is 1. The van der Waals surface area contributed by atoms with Crippen molar-refractivity contribution >= 4 is 29.1 Å². The van der Waals surface area contributed by atoms with Gasteiger partial charge in [-0.1, -0.05) is 54.6 Å². The average molecular weight is 416 g/mol. The van der Waals surface area contributed by atoms with E-state index in [1.54, 1.807) is 24.3 Å². The van der Waals surface area contributed by atoms with Crippen molar-refractivity contribution in [1.29, 1.82) is 0 Å². The van der Waals surface area contributed by atoms with Crippen LogP contribution in [0.2, 0.25) is 5.02 Å². The highest BCUT2D eigenvalue weighted by Gasteiger charge is 2.20. The zero-order valence-corrected chi connectivity index (χ0v) is 17.6. The predicted molar refractivity (Wildman–Crippen MR) is 112 cm³/mol. The van der Waals surface area contributed by atoms with E-state index in [9.17, 15) is 4.79 Å². The third kappa shape index (κ3) is 4.94. The third-order valence-corrected chi connectivity index (χ3v) is 5.79. The molecule has 0 aliphatic heterocycles. The predicted octanol–water partition coefficient (Wildman–Crippen LogP) is 4.97. The maximum absolute atomic E-state index is 12.7. The lowest BCUT2D eigenvalue weighted by molar-refractivity contribution is 0.0994. The smallest absolute Gasteiger partial charge is 0.191 e. The lowest BCUT2D eigenvalue weighted by Gasteiger charge is -2.11. The number of hydrogen-bond acceptors (Lipinski definition) is 5. The van der Waals surface area contributed by atoms with Crippen molar-refractivity contribution in [1.82, 2.24) is 14.8 Å². The first-order chi connectivity index (χ1) is 13.5. The summed E-state index contributed by atoms with van der Waals surface area (Å²) in [5, 5.41) is 9.47. The molecule has 7 heteroatoms. The molecule has 0 saturated heterocycles. The van der Waals surface area contributed by atoms with Crippen LogP contribution in [-0.2, 0) is 20.1 Å². The van der Waals surface area contributed by atoms with Gasteiger partial charge in [0.15, 0.2) is 16.8 Å². The standard InChI is InChI=1S/C21H22ClN3O2S/c1-4-15-5-7-16(8-6-15)20(26)14(2)28-21-24-23-19(25(21)3)13-27-18-11-9-17(22)10-12-18/h5-12,14H,4,13H2,1-3H3/t14-/m0/s1. The molecule has 1 aromatic heterocycles. The van der Waals surface area contributed by atoms with E-state index in [0.717, 1.165) is 6.42 Å². The van der Waals surface area contributed by atoms with Crippen LogP contribution in [0.1, 0.15) is 35.6 Å². The van der Waals surface area contributed by atoms with Gasteiger partial charge in [0.05, 0.1) is 5.25 Å². The summed E-state index contributed by atoms with van der Waals surface area (Å²) in [5.74, 6) is 1.47. The maximum Gasteiger partial charge on any atom is 0.191 e. The Bertz CT molecular complexity index is 939. The Morgan fingerprint density at radius 3 is 2.46 bits per heavy atom. The normalized spacial score (nSPS) is 12.0. The molecule has 0 N–H and O–H groups in total. The highest BCUT2D eigenvalue weighted by atomic mass is 35.5. The molecule has 5 nitrogen and oxygen atoms in total. The number of Topliss-reactive ketones (excluding diaryl/α,β-unsaturated/α-hetero) is 1. The number of thioether (sulfide) groups is 1. The van der Waals surface area contributed by atoms with Crippen LogP contribution in [0.25, 0.3) is 0 Å². The largest absolute Gasteiger partial charge is 0.486 e. The number of ketones is 1. The summed E-state index contributed by atoms with van der Waals surface area (Å²) in [4.78, 5) is 12.7. The van der Waals surface area contributed by atoms with E-state index in [0.29, 0.717) is 27.3 Å². The van der Waals surface area contributed by atoms with Crippen LogP contribution >= 0.6 is 23.4 Å². The first kappa shape index (κ1) is 20.4. The van der Waals surface area contributed by atoms with Crippen LogP contribution in [0, 0.1) is 0 Å². The Morgan fingerprint density at radius 2 is 1.82 bits per heavy atom. The van der Waals surface area contributed by atoms with E-state index in [1.807, 2.05) is 42.8 Å². The quantitative estimate of drug-likeness (QED) is 0.384. The van der Waals surface area contributed by atoms with Crippen molar-refractivity contribution in [3.8, 4) is 5.75 Å². The molecule has 146 valence electrons. The van der Waals surface area contributed by atoms with Crippen molar-refractivity contribution in [2.24, 2.45) is 7.05 Å². The Kier molecular flexibility index (Phi) is 6.75. The fourth-order valence-corrected chi connectivity index (χ4v) is 3.64. The van der Waals surface area contributed by atoms with Crippen LogP contribution in [-0.4, -0.2) is 25.8 Å². The summed E-state index contributed by atoms with van der Waals surface area (Å²) in [5.41, 5.74) is 1.93. The molecule has 28 heavy (non-hydrogen) atoms. The van der Waals surface area contributed by atoms with Gasteiger partial charge in [-0.15, -0.1) is 10.2 Å². The number of carbonyl (C=O) groups is 1. The highest BCUT2D eigenvalue weighted by molar-refractivity contribution is 8.00. The number of benzene rings is 2. The molecule has 3 rings (SSSR count). The van der Waals surface area contributed by atoms with E-state index in [4.69, 9.17) is 16.3 Å². The zero-order valence-electron chi connectivity index (χ0n) is 16.1. The minimum absolute atomic E-state index is 0.0783. The zero-order chi connectivity index (χ0) is 20.1. The summed E-state index contributed by atoms with van der Waals surface area (Å²) < 4.78 is 7.58. The molecule has 0 aliphatic rings. The second-order valence-corrected chi connectivity index (χ2v) is 8.12. The van der Waals surface area contributed by atoms with E-state index < -0.39 is 0 Å². The number of halogens is 1. The number of hydrogen-bond donors (Lipinski definition) is 0. The van der Waals surface area contributed by atoms with Gasteiger partial charge < -0.3 is 9.30 Å². The van der Waals surface area contributed by atoms with Gasteiger partial charge in [0.1, 0.15) is 12.4 Å². The van der Waals surface area contributed by atoms with Crippen molar-refractivity contribution in [3.63, 3.8) is 0 Å². The van der Waals surface area contributed by atoms with E-state index in [2.05, 4.69) is 17.1 Å². The van der Waals surface area contributed by atoms with Gasteiger partial charge in [-0.05, 0) is 43.2 Å². The molecule has 0 saturated carbocycles. The van der Waals surface area contributed by atoms with E-state index >= 15 is 0 Å². The number of rotatable bonds is 8. The molecule has 0 aliphatic carbocycles. The molecular weight excluding hydrogens is 394 g/mol.